The highest BCUT2D eigenvalue weighted by Crippen LogP contribution is 2.02. The van der Waals surface area contributed by atoms with Crippen LogP contribution in [0.15, 0.2) is 4.99 Å². The van der Waals surface area contributed by atoms with Crippen molar-refractivity contribution in [2.75, 3.05) is 11.7 Å². The summed E-state index contributed by atoms with van der Waals surface area (Å²) < 4.78 is 0. The molecule has 0 aromatic rings. The van der Waals surface area contributed by atoms with Crippen LogP contribution in [0.2, 0.25) is 0 Å². The third kappa shape index (κ3) is 5.71. The van der Waals surface area contributed by atoms with Crippen LogP contribution >= 0.6 is 11.8 Å². The van der Waals surface area contributed by atoms with Gasteiger partial charge in [-0.25, -0.2) is 4.99 Å². The Hall–Kier alpha value is -0.420. The number of rotatable bonds is 4. The zero-order valence-corrected chi connectivity index (χ0v) is 6.77. The molecule has 0 saturated carbocycles. The smallest absolute Gasteiger partial charge is 0.186 e. The van der Waals surface area contributed by atoms with Gasteiger partial charge in [-0.05, 0) is 6.92 Å². The summed E-state index contributed by atoms with van der Waals surface area (Å²) in [5, 5.41) is 8.40. The second kappa shape index (κ2) is 5.37. The second-order valence-corrected chi connectivity index (χ2v) is 2.90. The van der Waals surface area contributed by atoms with Crippen LogP contribution in [0.1, 0.15) is 6.92 Å². The Bertz CT molecular complexity index is 113. The minimum absolute atomic E-state index is 0.0853. The Morgan fingerprint density at radius 3 is 2.70 bits per heavy atom. The van der Waals surface area contributed by atoms with Crippen LogP contribution < -0.4 is 11.5 Å². The fourth-order valence-electron chi connectivity index (χ4n) is 0.515. The highest BCUT2D eigenvalue weighted by molar-refractivity contribution is 7.99. The van der Waals surface area contributed by atoms with Gasteiger partial charge in [0.05, 0.1) is 12.0 Å². The summed E-state index contributed by atoms with van der Waals surface area (Å²) in [5.74, 6) is 0.963. The van der Waals surface area contributed by atoms with Crippen molar-refractivity contribution in [3.8, 4) is 0 Å². The first-order valence-corrected chi connectivity index (χ1v) is 4.09. The molecule has 0 aliphatic rings. The molecule has 10 heavy (non-hydrogen) atoms. The van der Waals surface area contributed by atoms with E-state index in [-0.39, 0.29) is 17.9 Å². The van der Waals surface area contributed by atoms with E-state index in [2.05, 4.69) is 4.99 Å². The van der Waals surface area contributed by atoms with Gasteiger partial charge in [-0.15, -0.1) is 11.8 Å². The van der Waals surface area contributed by atoms with E-state index < -0.39 is 0 Å². The van der Waals surface area contributed by atoms with Crippen LogP contribution in [0.25, 0.3) is 0 Å². The number of aliphatic hydroxyl groups excluding tert-OH is 1. The SMILES string of the molecule is CC(CSCO)N=C(N)N. The number of aliphatic imine (C=N–C) groups is 1. The van der Waals surface area contributed by atoms with Crippen molar-refractivity contribution in [1.29, 1.82) is 0 Å². The minimum Gasteiger partial charge on any atom is -0.386 e. The molecule has 0 radical (unpaired) electrons. The van der Waals surface area contributed by atoms with Crippen molar-refractivity contribution in [3.05, 3.63) is 0 Å². The maximum absolute atomic E-state index is 8.40. The number of aliphatic hydroxyl groups is 1. The van der Waals surface area contributed by atoms with Gasteiger partial charge in [0, 0.05) is 5.75 Å². The Morgan fingerprint density at radius 1 is 1.70 bits per heavy atom. The molecule has 4 nitrogen and oxygen atoms in total. The van der Waals surface area contributed by atoms with Crippen LogP contribution in [0.4, 0.5) is 0 Å². The molecule has 0 aromatic heterocycles. The molecule has 0 saturated heterocycles. The van der Waals surface area contributed by atoms with E-state index in [1.54, 1.807) is 0 Å². The topological polar surface area (TPSA) is 84.6 Å². The largest absolute Gasteiger partial charge is 0.386 e. The lowest BCUT2D eigenvalue weighted by molar-refractivity contribution is 0.375. The fourth-order valence-corrected chi connectivity index (χ4v) is 1.04. The molecule has 0 rings (SSSR count). The summed E-state index contributed by atoms with van der Waals surface area (Å²) in [6, 6.07) is 0.0853. The van der Waals surface area contributed by atoms with Crippen molar-refractivity contribution in [3.63, 3.8) is 0 Å². The predicted octanol–water partition coefficient (Wildman–Crippen LogP) is -0.669. The van der Waals surface area contributed by atoms with Gasteiger partial charge in [-0.1, -0.05) is 0 Å². The molecule has 0 aromatic carbocycles. The summed E-state index contributed by atoms with van der Waals surface area (Å²) in [5.41, 5.74) is 10.2. The molecule has 0 aliphatic carbocycles. The predicted molar refractivity (Wildman–Crippen MR) is 44.8 cm³/mol. The van der Waals surface area contributed by atoms with E-state index in [0.29, 0.717) is 0 Å². The zero-order valence-electron chi connectivity index (χ0n) is 5.95. The maximum Gasteiger partial charge on any atom is 0.186 e. The Balaban J connectivity index is 3.43. The minimum atomic E-state index is 0.0853. The molecular weight excluding hydrogens is 150 g/mol. The lowest BCUT2D eigenvalue weighted by atomic mass is 10.4. The number of nitrogens with zero attached hydrogens (tertiary/aromatic N) is 1. The summed E-state index contributed by atoms with van der Waals surface area (Å²) >= 11 is 1.40. The molecule has 1 unspecified atom stereocenters. The first kappa shape index (κ1) is 9.58. The average molecular weight is 163 g/mol. The lowest BCUT2D eigenvalue weighted by Crippen LogP contribution is -2.25. The molecular formula is C5H13N3OS. The van der Waals surface area contributed by atoms with E-state index >= 15 is 0 Å². The van der Waals surface area contributed by atoms with Gasteiger partial charge >= 0.3 is 0 Å². The van der Waals surface area contributed by atoms with Gasteiger partial charge in [0.1, 0.15) is 0 Å². The number of guanidine groups is 1. The maximum atomic E-state index is 8.40. The van der Waals surface area contributed by atoms with Crippen LogP contribution in [0, 0.1) is 0 Å². The fraction of sp³-hybridized carbons (Fsp3) is 0.800. The van der Waals surface area contributed by atoms with Crippen LogP contribution in [0.5, 0.6) is 0 Å². The molecule has 5 heteroatoms. The van der Waals surface area contributed by atoms with Crippen molar-refractivity contribution in [1.82, 2.24) is 0 Å². The van der Waals surface area contributed by atoms with Crippen LogP contribution in [-0.4, -0.2) is 28.8 Å². The van der Waals surface area contributed by atoms with E-state index in [4.69, 9.17) is 16.6 Å². The lowest BCUT2D eigenvalue weighted by Gasteiger charge is -2.03. The summed E-state index contributed by atoms with van der Waals surface area (Å²) in [7, 11) is 0. The number of hydrogen-bond donors (Lipinski definition) is 3. The molecule has 0 bridgehead atoms. The Kier molecular flexibility index (Phi) is 5.15. The third-order valence-corrected chi connectivity index (χ3v) is 1.72. The summed E-state index contributed by atoms with van der Waals surface area (Å²) in [6.07, 6.45) is 0. The van der Waals surface area contributed by atoms with Crippen molar-refractivity contribution in [2.24, 2.45) is 16.5 Å². The van der Waals surface area contributed by atoms with E-state index in [1.807, 2.05) is 6.92 Å². The van der Waals surface area contributed by atoms with Crippen molar-refractivity contribution < 1.29 is 5.11 Å². The molecule has 0 spiro atoms. The van der Waals surface area contributed by atoms with Crippen molar-refractivity contribution >= 4 is 17.7 Å². The van der Waals surface area contributed by atoms with E-state index in [9.17, 15) is 0 Å². The first-order valence-electron chi connectivity index (χ1n) is 2.94. The molecule has 0 amide bonds. The highest BCUT2D eigenvalue weighted by Gasteiger charge is 1.97. The zero-order chi connectivity index (χ0) is 7.98. The van der Waals surface area contributed by atoms with E-state index in [0.717, 1.165) is 5.75 Å². The van der Waals surface area contributed by atoms with Gasteiger partial charge in [-0.2, -0.15) is 0 Å². The average Bonchev–Trinajstić information content (AvgIpc) is 1.82. The molecule has 1 atom stereocenters. The molecule has 0 fully saturated rings. The van der Waals surface area contributed by atoms with Crippen LogP contribution in [0.3, 0.4) is 0 Å². The summed E-state index contributed by atoms with van der Waals surface area (Å²) in [4.78, 5) is 3.86. The highest BCUT2D eigenvalue weighted by atomic mass is 32.2. The third-order valence-electron chi connectivity index (χ3n) is 0.820. The van der Waals surface area contributed by atoms with Crippen LogP contribution in [-0.2, 0) is 0 Å². The van der Waals surface area contributed by atoms with Gasteiger partial charge < -0.3 is 16.6 Å². The molecule has 60 valence electrons. The standard InChI is InChI=1S/C5H13N3OS/c1-4(2-10-3-9)8-5(6)7/h4,9H,2-3H2,1H3,(H4,6,7,8). The second-order valence-electron chi connectivity index (χ2n) is 1.90. The monoisotopic (exact) mass is 163 g/mol. The quantitative estimate of drug-likeness (QED) is 0.291. The first-order chi connectivity index (χ1) is 4.66. The van der Waals surface area contributed by atoms with Gasteiger partial charge in [-0.3, -0.25) is 0 Å². The van der Waals surface area contributed by atoms with Gasteiger partial charge in [0.15, 0.2) is 5.96 Å². The Morgan fingerprint density at radius 2 is 2.30 bits per heavy atom. The van der Waals surface area contributed by atoms with Crippen molar-refractivity contribution in [2.45, 2.75) is 13.0 Å². The molecule has 0 aliphatic heterocycles. The van der Waals surface area contributed by atoms with Gasteiger partial charge in [0.25, 0.3) is 0 Å². The summed E-state index contributed by atoms with van der Waals surface area (Å²) in [6.45, 7) is 1.89. The molecule has 0 heterocycles. The molecule has 5 N–H and O–H groups in total. The number of thioether (sulfide) groups is 1. The number of nitrogens with two attached hydrogens (primary N) is 2. The Labute approximate surface area is 64.7 Å². The normalized spacial score (nSPS) is 12.6. The van der Waals surface area contributed by atoms with E-state index in [1.165, 1.54) is 11.8 Å². The van der Waals surface area contributed by atoms with Gasteiger partial charge in [0.2, 0.25) is 0 Å². The number of hydrogen-bond acceptors (Lipinski definition) is 3.